The Morgan fingerprint density at radius 1 is 1.42 bits per heavy atom. The summed E-state index contributed by atoms with van der Waals surface area (Å²) in [4.78, 5) is 7.01. The number of guanidine groups is 1. The van der Waals surface area contributed by atoms with E-state index in [9.17, 15) is 0 Å². The molecule has 1 rings (SSSR count). The highest BCUT2D eigenvalue weighted by molar-refractivity contribution is 5.80. The maximum atomic E-state index is 5.14. The van der Waals surface area contributed by atoms with Gasteiger partial charge >= 0.3 is 0 Å². The molecule has 112 valence electrons. The van der Waals surface area contributed by atoms with Crippen molar-refractivity contribution in [2.75, 3.05) is 40.9 Å². The van der Waals surface area contributed by atoms with Crippen molar-refractivity contribution in [3.63, 3.8) is 0 Å². The molecule has 0 aliphatic heterocycles. The summed E-state index contributed by atoms with van der Waals surface area (Å²) in [5.41, 5.74) is 0. The van der Waals surface area contributed by atoms with Gasteiger partial charge in [0.05, 0.1) is 13.2 Å². The smallest absolute Gasteiger partial charge is 0.191 e. The molecule has 0 aromatic rings. The Morgan fingerprint density at radius 2 is 2.11 bits per heavy atom. The molecule has 1 saturated carbocycles. The number of ether oxygens (including phenoxy) is 1. The summed E-state index contributed by atoms with van der Waals surface area (Å²) in [6, 6.07) is 0.828. The van der Waals surface area contributed by atoms with Crippen molar-refractivity contribution in [1.82, 2.24) is 15.5 Å². The molecule has 1 aliphatic rings. The van der Waals surface area contributed by atoms with Crippen LogP contribution in [0.2, 0.25) is 0 Å². The molecule has 1 aliphatic carbocycles. The predicted molar refractivity (Wildman–Crippen MR) is 80.7 cm³/mol. The van der Waals surface area contributed by atoms with Gasteiger partial charge in [0.2, 0.25) is 0 Å². The SMILES string of the molecule is CCNC(=NCC(C1CC1)N(C)C)NC(C)COC. The normalized spacial score (nSPS) is 19.4. The highest BCUT2D eigenvalue weighted by Crippen LogP contribution is 2.34. The van der Waals surface area contributed by atoms with E-state index < -0.39 is 0 Å². The lowest BCUT2D eigenvalue weighted by Gasteiger charge is -2.23. The Morgan fingerprint density at radius 3 is 2.58 bits per heavy atom. The van der Waals surface area contributed by atoms with E-state index in [2.05, 4.69) is 43.5 Å². The molecule has 0 saturated heterocycles. The van der Waals surface area contributed by atoms with Crippen LogP contribution in [0.1, 0.15) is 26.7 Å². The number of methoxy groups -OCH3 is 1. The van der Waals surface area contributed by atoms with Gasteiger partial charge in [-0.2, -0.15) is 0 Å². The molecular formula is C14H30N4O. The Hall–Kier alpha value is -0.810. The molecule has 2 unspecified atom stereocenters. The van der Waals surface area contributed by atoms with Crippen LogP contribution >= 0.6 is 0 Å². The third-order valence-electron chi connectivity index (χ3n) is 3.41. The number of nitrogens with zero attached hydrogens (tertiary/aromatic N) is 2. The van der Waals surface area contributed by atoms with Gasteiger partial charge in [-0.1, -0.05) is 0 Å². The zero-order valence-corrected chi connectivity index (χ0v) is 13.1. The lowest BCUT2D eigenvalue weighted by Crippen LogP contribution is -2.45. The van der Waals surface area contributed by atoms with Gasteiger partial charge in [-0.25, -0.2) is 0 Å². The summed E-state index contributed by atoms with van der Waals surface area (Å²) in [5.74, 6) is 1.72. The molecule has 2 atom stereocenters. The summed E-state index contributed by atoms with van der Waals surface area (Å²) in [5, 5.41) is 6.66. The lowest BCUT2D eigenvalue weighted by atomic mass is 10.2. The first-order valence-electron chi connectivity index (χ1n) is 7.28. The molecule has 0 aromatic carbocycles. The first kappa shape index (κ1) is 16.2. The van der Waals surface area contributed by atoms with Gasteiger partial charge < -0.3 is 20.3 Å². The van der Waals surface area contributed by atoms with Crippen LogP contribution in [0.4, 0.5) is 0 Å². The largest absolute Gasteiger partial charge is 0.383 e. The predicted octanol–water partition coefficient (Wildman–Crippen LogP) is 0.917. The lowest BCUT2D eigenvalue weighted by molar-refractivity contribution is 0.179. The van der Waals surface area contributed by atoms with Crippen molar-refractivity contribution in [1.29, 1.82) is 0 Å². The van der Waals surface area contributed by atoms with Gasteiger partial charge in [0.15, 0.2) is 5.96 Å². The summed E-state index contributed by atoms with van der Waals surface area (Å²) >= 11 is 0. The number of hydrogen-bond donors (Lipinski definition) is 2. The van der Waals surface area contributed by atoms with E-state index in [-0.39, 0.29) is 6.04 Å². The van der Waals surface area contributed by atoms with Crippen molar-refractivity contribution in [3.05, 3.63) is 0 Å². The van der Waals surface area contributed by atoms with E-state index >= 15 is 0 Å². The maximum absolute atomic E-state index is 5.14. The molecular weight excluding hydrogens is 240 g/mol. The van der Waals surface area contributed by atoms with Crippen molar-refractivity contribution in [2.24, 2.45) is 10.9 Å². The summed E-state index contributed by atoms with van der Waals surface area (Å²) < 4.78 is 5.14. The van der Waals surface area contributed by atoms with Crippen molar-refractivity contribution < 1.29 is 4.74 Å². The highest BCUT2D eigenvalue weighted by atomic mass is 16.5. The van der Waals surface area contributed by atoms with Crippen LogP contribution in [0.25, 0.3) is 0 Å². The van der Waals surface area contributed by atoms with Gasteiger partial charge in [0.25, 0.3) is 0 Å². The second-order valence-electron chi connectivity index (χ2n) is 5.59. The summed E-state index contributed by atoms with van der Waals surface area (Å²) in [7, 11) is 6.01. The van der Waals surface area contributed by atoms with Crippen LogP contribution in [-0.2, 0) is 4.74 Å². The second kappa shape index (κ2) is 8.38. The molecule has 5 nitrogen and oxygen atoms in total. The second-order valence-corrected chi connectivity index (χ2v) is 5.59. The molecule has 0 aromatic heterocycles. The minimum atomic E-state index is 0.265. The Kier molecular flexibility index (Phi) is 7.16. The minimum absolute atomic E-state index is 0.265. The summed E-state index contributed by atoms with van der Waals surface area (Å²) in [6.45, 7) is 6.60. The molecule has 0 amide bonds. The number of nitrogens with one attached hydrogen (secondary N) is 2. The third kappa shape index (κ3) is 6.25. The average molecular weight is 270 g/mol. The van der Waals surface area contributed by atoms with Crippen LogP contribution in [-0.4, -0.2) is 63.8 Å². The fourth-order valence-corrected chi connectivity index (χ4v) is 2.24. The van der Waals surface area contributed by atoms with E-state index in [4.69, 9.17) is 9.73 Å². The van der Waals surface area contributed by atoms with E-state index in [1.54, 1.807) is 7.11 Å². The number of likely N-dealkylation sites (N-methyl/N-ethyl adjacent to an activating group) is 1. The van der Waals surface area contributed by atoms with E-state index in [0.29, 0.717) is 12.6 Å². The van der Waals surface area contributed by atoms with Crippen LogP contribution in [0, 0.1) is 5.92 Å². The van der Waals surface area contributed by atoms with E-state index in [1.165, 1.54) is 12.8 Å². The van der Waals surface area contributed by atoms with Gasteiger partial charge in [0.1, 0.15) is 0 Å². The fraction of sp³-hybridized carbons (Fsp3) is 0.929. The van der Waals surface area contributed by atoms with E-state index in [0.717, 1.165) is 25.0 Å². The van der Waals surface area contributed by atoms with Crippen LogP contribution in [0.15, 0.2) is 4.99 Å². The Bertz CT molecular complexity index is 275. The molecule has 2 N–H and O–H groups in total. The molecule has 5 heteroatoms. The number of hydrogen-bond acceptors (Lipinski definition) is 3. The monoisotopic (exact) mass is 270 g/mol. The fourth-order valence-electron chi connectivity index (χ4n) is 2.24. The topological polar surface area (TPSA) is 48.9 Å². The van der Waals surface area contributed by atoms with Crippen LogP contribution in [0.5, 0.6) is 0 Å². The van der Waals surface area contributed by atoms with E-state index in [1.807, 2.05) is 0 Å². The molecule has 0 spiro atoms. The third-order valence-corrected chi connectivity index (χ3v) is 3.41. The number of rotatable bonds is 8. The molecule has 1 fully saturated rings. The quantitative estimate of drug-likeness (QED) is 0.508. The molecule has 19 heavy (non-hydrogen) atoms. The number of aliphatic imine (C=N–C) groups is 1. The summed E-state index contributed by atoms with van der Waals surface area (Å²) in [6.07, 6.45) is 2.70. The molecule has 0 radical (unpaired) electrons. The standard InChI is InChI=1S/C14H30N4O/c1-6-15-14(17-11(2)10-19-5)16-9-13(18(3)4)12-7-8-12/h11-13H,6-10H2,1-5H3,(H2,15,16,17). The zero-order chi connectivity index (χ0) is 14.3. The first-order chi connectivity index (χ1) is 9.08. The zero-order valence-electron chi connectivity index (χ0n) is 13.1. The molecule has 0 heterocycles. The van der Waals surface area contributed by atoms with Crippen molar-refractivity contribution in [2.45, 2.75) is 38.8 Å². The van der Waals surface area contributed by atoms with Crippen LogP contribution < -0.4 is 10.6 Å². The Balaban J connectivity index is 2.50. The maximum Gasteiger partial charge on any atom is 0.191 e. The minimum Gasteiger partial charge on any atom is -0.383 e. The van der Waals surface area contributed by atoms with Crippen LogP contribution in [0.3, 0.4) is 0 Å². The average Bonchev–Trinajstić information content (AvgIpc) is 3.13. The highest BCUT2D eigenvalue weighted by Gasteiger charge is 2.32. The Labute approximate surface area is 117 Å². The van der Waals surface area contributed by atoms with Gasteiger partial charge in [0, 0.05) is 25.7 Å². The van der Waals surface area contributed by atoms with Gasteiger partial charge in [-0.3, -0.25) is 4.99 Å². The van der Waals surface area contributed by atoms with Crippen molar-refractivity contribution >= 4 is 5.96 Å². The van der Waals surface area contributed by atoms with Gasteiger partial charge in [-0.15, -0.1) is 0 Å². The first-order valence-corrected chi connectivity index (χ1v) is 7.28. The van der Waals surface area contributed by atoms with Crippen molar-refractivity contribution in [3.8, 4) is 0 Å². The molecule has 0 bridgehead atoms. The van der Waals surface area contributed by atoms with Gasteiger partial charge in [-0.05, 0) is 46.7 Å².